The molecule has 1 atom stereocenters. The van der Waals surface area contributed by atoms with E-state index in [-0.39, 0.29) is 6.54 Å². The zero-order valence-electron chi connectivity index (χ0n) is 5.25. The molecule has 0 bridgehead atoms. The van der Waals surface area contributed by atoms with Crippen LogP contribution in [0.1, 0.15) is 11.0 Å². The highest BCUT2D eigenvalue weighted by molar-refractivity contribution is 9.11. The third-order valence-corrected chi connectivity index (χ3v) is 2.87. The van der Waals surface area contributed by atoms with E-state index in [1.165, 1.54) is 11.3 Å². The number of rotatable bonds is 2. The third-order valence-electron chi connectivity index (χ3n) is 1.15. The van der Waals surface area contributed by atoms with Crippen molar-refractivity contribution in [1.29, 1.82) is 0 Å². The Hall–Kier alpha value is 0.1000. The molecule has 4 heteroatoms. The molecule has 1 aromatic heterocycles. The van der Waals surface area contributed by atoms with Gasteiger partial charge >= 0.3 is 0 Å². The molecular formula is C6H8BrNOS. The van der Waals surface area contributed by atoms with E-state index in [4.69, 9.17) is 5.73 Å². The molecule has 1 heterocycles. The lowest BCUT2D eigenvalue weighted by atomic mass is 10.3. The highest BCUT2D eigenvalue weighted by Gasteiger charge is 2.06. The zero-order valence-corrected chi connectivity index (χ0v) is 7.65. The molecule has 0 amide bonds. The summed E-state index contributed by atoms with van der Waals surface area (Å²) in [5.74, 6) is 0. The minimum absolute atomic E-state index is 0.285. The molecule has 1 aromatic rings. The van der Waals surface area contributed by atoms with Gasteiger partial charge in [0.05, 0.1) is 3.79 Å². The first kappa shape index (κ1) is 8.20. The van der Waals surface area contributed by atoms with E-state index in [0.717, 1.165) is 8.66 Å². The van der Waals surface area contributed by atoms with E-state index in [2.05, 4.69) is 15.9 Å². The molecule has 0 aliphatic rings. The SMILES string of the molecule is NCC(O)c1ccc(Br)s1. The van der Waals surface area contributed by atoms with Crippen LogP contribution in [-0.2, 0) is 0 Å². The molecule has 3 N–H and O–H groups in total. The summed E-state index contributed by atoms with van der Waals surface area (Å²) in [5, 5.41) is 9.21. The van der Waals surface area contributed by atoms with Gasteiger partial charge in [0.2, 0.25) is 0 Å². The smallest absolute Gasteiger partial charge is 0.100 e. The monoisotopic (exact) mass is 221 g/mol. The van der Waals surface area contributed by atoms with Crippen molar-refractivity contribution in [2.24, 2.45) is 5.73 Å². The molecule has 0 aromatic carbocycles. The van der Waals surface area contributed by atoms with E-state index >= 15 is 0 Å². The number of hydrogen-bond donors (Lipinski definition) is 2. The van der Waals surface area contributed by atoms with Crippen LogP contribution in [0.2, 0.25) is 0 Å². The molecular weight excluding hydrogens is 214 g/mol. The highest BCUT2D eigenvalue weighted by Crippen LogP contribution is 2.26. The number of thiophene rings is 1. The molecule has 56 valence electrons. The van der Waals surface area contributed by atoms with Crippen molar-refractivity contribution in [1.82, 2.24) is 0 Å². The number of aliphatic hydroxyl groups is 1. The lowest BCUT2D eigenvalue weighted by Crippen LogP contribution is -2.09. The average molecular weight is 222 g/mol. The first-order chi connectivity index (χ1) is 4.74. The third kappa shape index (κ3) is 1.79. The largest absolute Gasteiger partial charge is 0.386 e. The van der Waals surface area contributed by atoms with Gasteiger partial charge in [-0.2, -0.15) is 0 Å². The van der Waals surface area contributed by atoms with E-state index in [1.807, 2.05) is 12.1 Å². The zero-order chi connectivity index (χ0) is 7.56. The minimum Gasteiger partial charge on any atom is -0.386 e. The predicted octanol–water partition coefficient (Wildman–Crippen LogP) is 1.50. The lowest BCUT2D eigenvalue weighted by molar-refractivity contribution is 0.190. The summed E-state index contributed by atoms with van der Waals surface area (Å²) in [7, 11) is 0. The average Bonchev–Trinajstić information content (AvgIpc) is 2.34. The molecule has 10 heavy (non-hydrogen) atoms. The summed E-state index contributed by atoms with van der Waals surface area (Å²) in [6.45, 7) is 0.285. The molecule has 0 saturated heterocycles. The summed E-state index contributed by atoms with van der Waals surface area (Å²) in [6.07, 6.45) is -0.503. The van der Waals surface area contributed by atoms with Crippen LogP contribution in [0.5, 0.6) is 0 Å². The quantitative estimate of drug-likeness (QED) is 0.796. The molecule has 0 spiro atoms. The van der Waals surface area contributed by atoms with Gasteiger partial charge in [0.15, 0.2) is 0 Å². The van der Waals surface area contributed by atoms with Crippen molar-refractivity contribution < 1.29 is 5.11 Å². The van der Waals surface area contributed by atoms with E-state index < -0.39 is 6.10 Å². The van der Waals surface area contributed by atoms with Crippen molar-refractivity contribution in [3.63, 3.8) is 0 Å². The number of aliphatic hydroxyl groups excluding tert-OH is 1. The van der Waals surface area contributed by atoms with Gasteiger partial charge in [0.1, 0.15) is 6.10 Å². The summed E-state index contributed by atoms with van der Waals surface area (Å²) >= 11 is 4.80. The van der Waals surface area contributed by atoms with Crippen LogP contribution in [0.15, 0.2) is 15.9 Å². The van der Waals surface area contributed by atoms with E-state index in [1.54, 1.807) is 0 Å². The fraction of sp³-hybridized carbons (Fsp3) is 0.333. The van der Waals surface area contributed by atoms with Crippen LogP contribution >= 0.6 is 27.3 Å². The Balaban J connectivity index is 2.74. The predicted molar refractivity (Wildman–Crippen MR) is 46.0 cm³/mol. The van der Waals surface area contributed by atoms with Gasteiger partial charge in [-0.1, -0.05) is 0 Å². The van der Waals surface area contributed by atoms with Crippen molar-refractivity contribution >= 4 is 27.3 Å². The van der Waals surface area contributed by atoms with Gasteiger partial charge in [-0.15, -0.1) is 11.3 Å². The standard InChI is InChI=1S/C6H8BrNOS/c7-6-2-1-5(10-6)4(9)3-8/h1-2,4,9H,3,8H2. The van der Waals surface area contributed by atoms with Crippen LogP contribution in [0.25, 0.3) is 0 Å². The molecule has 0 aliphatic heterocycles. The van der Waals surface area contributed by atoms with E-state index in [9.17, 15) is 5.11 Å². The molecule has 0 saturated carbocycles. The van der Waals surface area contributed by atoms with Crippen molar-refractivity contribution in [2.45, 2.75) is 6.10 Å². The minimum atomic E-state index is -0.503. The Kier molecular flexibility index (Phi) is 2.85. The molecule has 1 rings (SSSR count). The Labute approximate surface area is 71.8 Å². The Bertz CT molecular complexity index is 213. The van der Waals surface area contributed by atoms with Crippen LogP contribution in [0, 0.1) is 0 Å². The topological polar surface area (TPSA) is 46.2 Å². The maximum Gasteiger partial charge on any atom is 0.100 e. The number of nitrogens with two attached hydrogens (primary N) is 1. The second kappa shape index (κ2) is 3.48. The highest BCUT2D eigenvalue weighted by atomic mass is 79.9. The summed E-state index contributed by atoms with van der Waals surface area (Å²) in [5.41, 5.74) is 5.25. The van der Waals surface area contributed by atoms with E-state index in [0.29, 0.717) is 0 Å². The van der Waals surface area contributed by atoms with Gasteiger partial charge in [-0.25, -0.2) is 0 Å². The second-order valence-corrected chi connectivity index (χ2v) is 4.39. The summed E-state index contributed by atoms with van der Waals surface area (Å²) < 4.78 is 1.02. The first-order valence-electron chi connectivity index (χ1n) is 2.87. The summed E-state index contributed by atoms with van der Waals surface area (Å²) in [6, 6.07) is 3.77. The maximum absolute atomic E-state index is 9.21. The molecule has 0 aliphatic carbocycles. The normalized spacial score (nSPS) is 13.5. The summed E-state index contributed by atoms with van der Waals surface area (Å²) in [4.78, 5) is 0.911. The Morgan fingerprint density at radius 2 is 2.40 bits per heavy atom. The second-order valence-electron chi connectivity index (χ2n) is 1.89. The van der Waals surface area contributed by atoms with Gasteiger partial charge < -0.3 is 10.8 Å². The molecule has 1 unspecified atom stereocenters. The van der Waals surface area contributed by atoms with Crippen molar-refractivity contribution in [3.05, 3.63) is 20.8 Å². The maximum atomic E-state index is 9.21. The molecule has 2 nitrogen and oxygen atoms in total. The number of hydrogen-bond acceptors (Lipinski definition) is 3. The Morgan fingerprint density at radius 1 is 1.70 bits per heavy atom. The Morgan fingerprint density at radius 3 is 2.80 bits per heavy atom. The lowest BCUT2D eigenvalue weighted by Gasteiger charge is -2.01. The van der Waals surface area contributed by atoms with Crippen molar-refractivity contribution in [3.8, 4) is 0 Å². The fourth-order valence-electron chi connectivity index (χ4n) is 0.624. The van der Waals surface area contributed by atoms with Crippen LogP contribution < -0.4 is 5.73 Å². The molecule has 0 radical (unpaired) electrons. The van der Waals surface area contributed by atoms with Crippen LogP contribution in [-0.4, -0.2) is 11.7 Å². The van der Waals surface area contributed by atoms with Crippen molar-refractivity contribution in [2.75, 3.05) is 6.54 Å². The van der Waals surface area contributed by atoms with Gasteiger partial charge in [0.25, 0.3) is 0 Å². The van der Waals surface area contributed by atoms with Crippen LogP contribution in [0.3, 0.4) is 0 Å². The van der Waals surface area contributed by atoms with Gasteiger partial charge in [0, 0.05) is 11.4 Å². The van der Waals surface area contributed by atoms with Gasteiger partial charge in [-0.3, -0.25) is 0 Å². The van der Waals surface area contributed by atoms with Crippen LogP contribution in [0.4, 0.5) is 0 Å². The molecule has 0 fully saturated rings. The van der Waals surface area contributed by atoms with Gasteiger partial charge in [-0.05, 0) is 28.1 Å². The first-order valence-corrected chi connectivity index (χ1v) is 4.48. The number of halogens is 1. The fourth-order valence-corrected chi connectivity index (χ4v) is 2.05.